The van der Waals surface area contributed by atoms with Crippen LogP contribution in [-0.4, -0.2) is 5.11 Å². The highest BCUT2D eigenvalue weighted by Gasteiger charge is 2.13. The van der Waals surface area contributed by atoms with Gasteiger partial charge in [0.1, 0.15) is 0 Å². The van der Waals surface area contributed by atoms with Crippen LogP contribution in [0.2, 0.25) is 5.02 Å². The van der Waals surface area contributed by atoms with Crippen molar-refractivity contribution in [2.24, 2.45) is 0 Å². The Morgan fingerprint density at radius 3 is 2.85 bits per heavy atom. The molecule has 13 heavy (non-hydrogen) atoms. The molecule has 1 aromatic carbocycles. The van der Waals surface area contributed by atoms with Crippen molar-refractivity contribution in [3.05, 3.63) is 28.0 Å². The zero-order chi connectivity index (χ0) is 10.0. The van der Waals surface area contributed by atoms with Gasteiger partial charge >= 0.3 is 0 Å². The van der Waals surface area contributed by atoms with Crippen LogP contribution in [0, 0.1) is 24.1 Å². The second kappa shape index (κ2) is 3.63. The molecule has 0 amide bonds. The van der Waals surface area contributed by atoms with Gasteiger partial charge in [-0.2, -0.15) is 5.26 Å². The zero-order valence-electron chi connectivity index (χ0n) is 6.93. The number of aromatic hydroxyl groups is 1. The quantitative estimate of drug-likeness (QED) is 0.756. The Kier molecular flexibility index (Phi) is 2.74. The van der Waals surface area contributed by atoms with Gasteiger partial charge in [0.25, 0.3) is 0 Å². The molecule has 0 spiro atoms. The molecule has 0 aliphatic heterocycles. The van der Waals surface area contributed by atoms with E-state index in [-0.39, 0.29) is 17.0 Å². The van der Waals surface area contributed by atoms with Crippen molar-refractivity contribution in [1.29, 1.82) is 5.26 Å². The van der Waals surface area contributed by atoms with Crippen LogP contribution in [0.25, 0.3) is 0 Å². The third-order valence-electron chi connectivity index (χ3n) is 1.83. The molecule has 0 aliphatic rings. The fourth-order valence-corrected chi connectivity index (χ4v) is 1.26. The molecule has 1 aromatic rings. The molecule has 0 saturated carbocycles. The first kappa shape index (κ1) is 9.82. The molecule has 1 N–H and O–H groups in total. The highest BCUT2D eigenvalue weighted by Crippen LogP contribution is 2.30. The van der Waals surface area contributed by atoms with Gasteiger partial charge in [0.15, 0.2) is 11.6 Å². The summed E-state index contributed by atoms with van der Waals surface area (Å²) in [6.45, 7) is 1.63. The van der Waals surface area contributed by atoms with Gasteiger partial charge < -0.3 is 5.11 Å². The van der Waals surface area contributed by atoms with Gasteiger partial charge in [0.05, 0.1) is 12.5 Å². The van der Waals surface area contributed by atoms with Crippen molar-refractivity contribution < 1.29 is 9.50 Å². The first-order valence-electron chi connectivity index (χ1n) is 3.61. The van der Waals surface area contributed by atoms with E-state index >= 15 is 0 Å². The molecular weight excluding hydrogens is 193 g/mol. The summed E-state index contributed by atoms with van der Waals surface area (Å²) in [6.07, 6.45) is -0.0465. The average Bonchev–Trinajstić information content (AvgIpc) is 2.09. The largest absolute Gasteiger partial charge is 0.505 e. The number of hydrogen-bond donors (Lipinski definition) is 1. The SMILES string of the molecule is Cc1c(Cl)cc(F)c(O)c1CC#N. The summed E-state index contributed by atoms with van der Waals surface area (Å²) in [5, 5.41) is 17.9. The van der Waals surface area contributed by atoms with Gasteiger partial charge in [0, 0.05) is 10.6 Å². The Bertz CT molecular complexity index is 358. The summed E-state index contributed by atoms with van der Waals surface area (Å²) < 4.78 is 12.9. The molecule has 0 saturated heterocycles. The molecule has 0 bridgehead atoms. The van der Waals surface area contributed by atoms with Crippen molar-refractivity contribution in [3.8, 4) is 11.8 Å². The van der Waals surface area contributed by atoms with Gasteiger partial charge in [0.2, 0.25) is 0 Å². The number of halogens is 2. The average molecular weight is 200 g/mol. The highest BCUT2D eigenvalue weighted by molar-refractivity contribution is 6.31. The number of nitrogens with zero attached hydrogens (tertiary/aromatic N) is 1. The number of nitriles is 1. The van der Waals surface area contributed by atoms with Gasteiger partial charge in [-0.3, -0.25) is 0 Å². The van der Waals surface area contributed by atoms with Crippen LogP contribution in [0.4, 0.5) is 4.39 Å². The van der Waals surface area contributed by atoms with Crippen molar-refractivity contribution in [1.82, 2.24) is 0 Å². The first-order valence-corrected chi connectivity index (χ1v) is 3.99. The lowest BCUT2D eigenvalue weighted by Crippen LogP contribution is -1.92. The Morgan fingerprint density at radius 1 is 1.69 bits per heavy atom. The van der Waals surface area contributed by atoms with Crippen LogP contribution < -0.4 is 0 Å². The van der Waals surface area contributed by atoms with E-state index in [0.29, 0.717) is 5.56 Å². The van der Waals surface area contributed by atoms with Crippen LogP contribution in [0.15, 0.2) is 6.07 Å². The van der Waals surface area contributed by atoms with E-state index in [0.717, 1.165) is 6.07 Å². The van der Waals surface area contributed by atoms with Crippen LogP contribution in [0.5, 0.6) is 5.75 Å². The monoisotopic (exact) mass is 199 g/mol. The van der Waals surface area contributed by atoms with E-state index in [9.17, 15) is 9.50 Å². The maximum atomic E-state index is 12.9. The smallest absolute Gasteiger partial charge is 0.166 e. The Morgan fingerprint density at radius 2 is 2.31 bits per heavy atom. The number of phenolic OH excluding ortho intramolecular Hbond substituents is 1. The standard InChI is InChI=1S/C9H7ClFNO/c1-5-6(2-3-12)9(13)8(11)4-7(5)10/h4,13H,2H2,1H3. The van der Waals surface area contributed by atoms with E-state index in [4.69, 9.17) is 16.9 Å². The van der Waals surface area contributed by atoms with E-state index in [2.05, 4.69) is 0 Å². The van der Waals surface area contributed by atoms with Crippen LogP contribution in [0.1, 0.15) is 11.1 Å². The summed E-state index contributed by atoms with van der Waals surface area (Å²) in [7, 11) is 0. The summed E-state index contributed by atoms with van der Waals surface area (Å²) in [5.41, 5.74) is 0.801. The second-order valence-electron chi connectivity index (χ2n) is 2.63. The molecule has 0 heterocycles. The number of benzene rings is 1. The van der Waals surface area contributed by atoms with E-state index in [1.165, 1.54) is 0 Å². The number of hydrogen-bond acceptors (Lipinski definition) is 2. The van der Waals surface area contributed by atoms with Crippen LogP contribution in [-0.2, 0) is 6.42 Å². The predicted octanol–water partition coefficient (Wildman–Crippen LogP) is 2.56. The topological polar surface area (TPSA) is 44.0 Å². The summed E-state index contributed by atoms with van der Waals surface area (Å²) >= 11 is 5.67. The molecule has 0 fully saturated rings. The van der Waals surface area contributed by atoms with E-state index in [1.807, 2.05) is 6.07 Å². The molecular formula is C9H7ClFNO. The summed E-state index contributed by atoms with van der Waals surface area (Å²) in [6, 6.07) is 2.87. The van der Waals surface area contributed by atoms with Crippen molar-refractivity contribution in [2.45, 2.75) is 13.3 Å². The molecule has 0 radical (unpaired) electrons. The molecule has 1 rings (SSSR count). The Hall–Kier alpha value is -1.27. The summed E-state index contributed by atoms with van der Waals surface area (Å²) in [5.74, 6) is -1.27. The fourth-order valence-electron chi connectivity index (χ4n) is 1.05. The van der Waals surface area contributed by atoms with Crippen molar-refractivity contribution in [2.75, 3.05) is 0 Å². The zero-order valence-corrected chi connectivity index (χ0v) is 7.69. The number of phenols is 1. The van der Waals surface area contributed by atoms with Crippen LogP contribution >= 0.6 is 11.6 Å². The fraction of sp³-hybridized carbons (Fsp3) is 0.222. The van der Waals surface area contributed by atoms with Crippen molar-refractivity contribution >= 4 is 11.6 Å². The van der Waals surface area contributed by atoms with Gasteiger partial charge in [-0.25, -0.2) is 4.39 Å². The van der Waals surface area contributed by atoms with Gasteiger partial charge in [-0.05, 0) is 18.6 Å². The first-order chi connectivity index (χ1) is 6.07. The Balaban J connectivity index is 3.39. The maximum absolute atomic E-state index is 12.9. The normalized spacial score (nSPS) is 9.69. The third-order valence-corrected chi connectivity index (χ3v) is 2.22. The molecule has 0 atom stereocenters. The molecule has 0 aliphatic carbocycles. The molecule has 4 heteroatoms. The molecule has 68 valence electrons. The van der Waals surface area contributed by atoms with Gasteiger partial charge in [-0.1, -0.05) is 11.6 Å². The lowest BCUT2D eigenvalue weighted by atomic mass is 10.0. The highest BCUT2D eigenvalue weighted by atomic mass is 35.5. The number of rotatable bonds is 1. The molecule has 0 unspecified atom stereocenters. The van der Waals surface area contributed by atoms with Crippen molar-refractivity contribution in [3.63, 3.8) is 0 Å². The van der Waals surface area contributed by atoms with E-state index < -0.39 is 11.6 Å². The lowest BCUT2D eigenvalue weighted by Gasteiger charge is -2.07. The lowest BCUT2D eigenvalue weighted by molar-refractivity contribution is 0.427. The van der Waals surface area contributed by atoms with E-state index in [1.54, 1.807) is 6.92 Å². The maximum Gasteiger partial charge on any atom is 0.166 e. The summed E-state index contributed by atoms with van der Waals surface area (Å²) in [4.78, 5) is 0. The second-order valence-corrected chi connectivity index (χ2v) is 3.03. The molecule has 0 aromatic heterocycles. The minimum Gasteiger partial charge on any atom is -0.505 e. The molecule has 2 nitrogen and oxygen atoms in total. The Labute approximate surface area is 80.2 Å². The third kappa shape index (κ3) is 1.73. The van der Waals surface area contributed by atoms with Crippen LogP contribution in [0.3, 0.4) is 0 Å². The predicted molar refractivity (Wildman–Crippen MR) is 47.1 cm³/mol. The minimum atomic E-state index is -0.791. The minimum absolute atomic E-state index is 0.0465. The van der Waals surface area contributed by atoms with Gasteiger partial charge in [-0.15, -0.1) is 0 Å².